The zero-order chi connectivity index (χ0) is 14.5. The number of Topliss-reactive ketones (excluding diaryl/α,β-unsaturated/α-hetero) is 1. The number of benzene rings is 1. The molecular weight excluding hydrogens is 330 g/mol. The summed E-state index contributed by atoms with van der Waals surface area (Å²) in [6.45, 7) is 0.998. The molecule has 6 heteroatoms. The van der Waals surface area contributed by atoms with Crippen LogP contribution in [0.25, 0.3) is 0 Å². The molecule has 0 saturated carbocycles. The Morgan fingerprint density at radius 1 is 1.26 bits per heavy atom. The lowest BCUT2D eigenvalue weighted by Gasteiger charge is -2.15. The van der Waals surface area contributed by atoms with Gasteiger partial charge in [0.1, 0.15) is 9.84 Å². The topological polar surface area (TPSA) is 54.5 Å². The number of carbonyl (C=O) groups is 1. The van der Waals surface area contributed by atoms with E-state index in [1.165, 1.54) is 6.26 Å². The maximum absolute atomic E-state index is 12.0. The molecule has 1 rings (SSSR count). The largest absolute Gasteiger partial charge is 0.305 e. The third kappa shape index (κ3) is 6.31. The molecular formula is C13H18BrNO3S. The molecule has 106 valence electrons. The first-order chi connectivity index (χ1) is 8.79. The van der Waals surface area contributed by atoms with Crippen molar-refractivity contribution in [3.05, 3.63) is 34.3 Å². The third-order valence-electron chi connectivity index (χ3n) is 2.74. The summed E-state index contributed by atoms with van der Waals surface area (Å²) >= 11 is 3.35. The van der Waals surface area contributed by atoms with E-state index in [1.807, 2.05) is 30.1 Å². The van der Waals surface area contributed by atoms with Gasteiger partial charge >= 0.3 is 0 Å². The minimum absolute atomic E-state index is 0.0543. The monoisotopic (exact) mass is 347 g/mol. The van der Waals surface area contributed by atoms with Crippen LogP contribution in [0.15, 0.2) is 28.7 Å². The van der Waals surface area contributed by atoms with Crippen molar-refractivity contribution < 1.29 is 13.2 Å². The molecule has 1 aromatic rings. The Hall–Kier alpha value is -0.720. The first-order valence-corrected chi connectivity index (χ1v) is 8.79. The van der Waals surface area contributed by atoms with Gasteiger partial charge in [-0.05, 0) is 13.1 Å². The van der Waals surface area contributed by atoms with Crippen LogP contribution >= 0.6 is 15.9 Å². The summed E-state index contributed by atoms with van der Waals surface area (Å²) in [5.74, 6) is 0.172. The zero-order valence-electron chi connectivity index (χ0n) is 11.1. The Bertz CT molecular complexity index is 543. The zero-order valence-corrected chi connectivity index (χ0v) is 13.5. The van der Waals surface area contributed by atoms with Crippen LogP contribution in [0.1, 0.15) is 16.8 Å². The molecule has 0 fully saturated rings. The molecule has 0 radical (unpaired) electrons. The lowest BCUT2D eigenvalue weighted by atomic mass is 10.1. The van der Waals surface area contributed by atoms with Gasteiger partial charge in [-0.15, -0.1) is 0 Å². The average molecular weight is 348 g/mol. The normalized spacial score (nSPS) is 11.8. The molecule has 0 atom stereocenters. The molecule has 0 N–H and O–H groups in total. The first-order valence-electron chi connectivity index (χ1n) is 5.93. The van der Waals surface area contributed by atoms with E-state index in [-0.39, 0.29) is 11.5 Å². The highest BCUT2D eigenvalue weighted by molar-refractivity contribution is 9.10. The fraction of sp³-hybridized carbons (Fsp3) is 0.462. The van der Waals surface area contributed by atoms with Crippen LogP contribution in [-0.4, -0.2) is 51.2 Å². The van der Waals surface area contributed by atoms with E-state index in [2.05, 4.69) is 15.9 Å². The molecule has 0 spiro atoms. The van der Waals surface area contributed by atoms with Gasteiger partial charge in [0.05, 0.1) is 5.75 Å². The smallest absolute Gasteiger partial charge is 0.165 e. The molecule has 0 unspecified atom stereocenters. The Morgan fingerprint density at radius 2 is 1.89 bits per heavy atom. The summed E-state index contributed by atoms with van der Waals surface area (Å²) < 4.78 is 22.9. The third-order valence-corrected chi connectivity index (χ3v) is 4.35. The summed E-state index contributed by atoms with van der Waals surface area (Å²) in [6, 6.07) is 7.30. The standard InChI is InChI=1S/C13H18BrNO3S/c1-15(9-10-19(2,17)18)8-7-13(16)11-5-3-4-6-12(11)14/h3-6H,7-10H2,1-2H3. The molecule has 0 saturated heterocycles. The van der Waals surface area contributed by atoms with Crippen LogP contribution in [0, 0.1) is 0 Å². The van der Waals surface area contributed by atoms with Crippen LogP contribution in [0.2, 0.25) is 0 Å². The lowest BCUT2D eigenvalue weighted by Crippen LogP contribution is -2.27. The number of hydrogen-bond acceptors (Lipinski definition) is 4. The molecule has 0 amide bonds. The second kappa shape index (κ2) is 7.17. The van der Waals surface area contributed by atoms with Crippen molar-refractivity contribution in [1.82, 2.24) is 4.90 Å². The lowest BCUT2D eigenvalue weighted by molar-refractivity contribution is 0.0969. The summed E-state index contributed by atoms with van der Waals surface area (Å²) in [4.78, 5) is 13.9. The van der Waals surface area contributed by atoms with Crippen molar-refractivity contribution in [2.45, 2.75) is 6.42 Å². The van der Waals surface area contributed by atoms with Crippen LogP contribution in [0.3, 0.4) is 0 Å². The van der Waals surface area contributed by atoms with E-state index in [0.29, 0.717) is 25.1 Å². The first kappa shape index (κ1) is 16.3. The van der Waals surface area contributed by atoms with Gasteiger partial charge in [0.2, 0.25) is 0 Å². The molecule has 19 heavy (non-hydrogen) atoms. The van der Waals surface area contributed by atoms with Gasteiger partial charge in [0.25, 0.3) is 0 Å². The fourth-order valence-corrected chi connectivity index (χ4v) is 2.70. The summed E-state index contributed by atoms with van der Waals surface area (Å²) in [7, 11) is -1.13. The maximum atomic E-state index is 12.0. The van der Waals surface area contributed by atoms with Gasteiger partial charge in [0, 0.05) is 35.8 Å². The number of halogens is 1. The minimum Gasteiger partial charge on any atom is -0.305 e. The highest BCUT2D eigenvalue weighted by atomic mass is 79.9. The van der Waals surface area contributed by atoms with E-state index in [1.54, 1.807) is 6.07 Å². The van der Waals surface area contributed by atoms with Crippen LogP contribution in [0.4, 0.5) is 0 Å². The molecule has 1 aromatic carbocycles. The Labute approximate surface area is 122 Å². The molecule has 0 aliphatic rings. The van der Waals surface area contributed by atoms with E-state index in [4.69, 9.17) is 0 Å². The van der Waals surface area contributed by atoms with Crippen molar-refractivity contribution >= 4 is 31.6 Å². The summed E-state index contributed by atoms with van der Waals surface area (Å²) in [5.41, 5.74) is 0.666. The van der Waals surface area contributed by atoms with E-state index in [0.717, 1.165) is 4.47 Å². The van der Waals surface area contributed by atoms with Gasteiger partial charge in [-0.1, -0.05) is 34.1 Å². The maximum Gasteiger partial charge on any atom is 0.165 e. The van der Waals surface area contributed by atoms with Crippen molar-refractivity contribution in [2.75, 3.05) is 32.1 Å². The molecule has 0 aromatic heterocycles. The molecule has 0 aliphatic carbocycles. The van der Waals surface area contributed by atoms with Gasteiger partial charge in [-0.2, -0.15) is 0 Å². The van der Waals surface area contributed by atoms with Gasteiger partial charge in [-0.3, -0.25) is 4.79 Å². The number of hydrogen-bond donors (Lipinski definition) is 0. The van der Waals surface area contributed by atoms with E-state index >= 15 is 0 Å². The quantitative estimate of drug-likeness (QED) is 0.708. The van der Waals surface area contributed by atoms with Crippen molar-refractivity contribution in [2.24, 2.45) is 0 Å². The van der Waals surface area contributed by atoms with Crippen LogP contribution < -0.4 is 0 Å². The van der Waals surface area contributed by atoms with E-state index in [9.17, 15) is 13.2 Å². The Kier molecular flexibility index (Phi) is 6.16. The summed E-state index contributed by atoms with van der Waals surface area (Å²) in [5, 5.41) is 0. The Balaban J connectivity index is 2.45. The van der Waals surface area contributed by atoms with Crippen molar-refractivity contribution in [3.8, 4) is 0 Å². The minimum atomic E-state index is -2.95. The average Bonchev–Trinajstić information content (AvgIpc) is 2.33. The van der Waals surface area contributed by atoms with Crippen LogP contribution in [0.5, 0.6) is 0 Å². The highest BCUT2D eigenvalue weighted by Gasteiger charge is 2.11. The van der Waals surface area contributed by atoms with Gasteiger partial charge in [-0.25, -0.2) is 8.42 Å². The van der Waals surface area contributed by atoms with Crippen molar-refractivity contribution in [1.29, 1.82) is 0 Å². The highest BCUT2D eigenvalue weighted by Crippen LogP contribution is 2.17. The van der Waals surface area contributed by atoms with Crippen LogP contribution in [-0.2, 0) is 9.84 Å². The predicted octanol–water partition coefficient (Wildman–Crippen LogP) is 2.00. The molecule has 0 bridgehead atoms. The second-order valence-corrected chi connectivity index (χ2v) is 7.70. The number of sulfone groups is 1. The molecule has 0 heterocycles. The second-order valence-electron chi connectivity index (χ2n) is 4.59. The predicted molar refractivity (Wildman–Crippen MR) is 80.3 cm³/mol. The SMILES string of the molecule is CN(CCC(=O)c1ccccc1Br)CCS(C)(=O)=O. The molecule has 0 aliphatic heterocycles. The fourth-order valence-electron chi connectivity index (χ4n) is 1.55. The number of ketones is 1. The number of carbonyl (C=O) groups excluding carboxylic acids is 1. The summed E-state index contributed by atoms with van der Waals surface area (Å²) in [6.07, 6.45) is 1.59. The Morgan fingerprint density at radius 3 is 2.47 bits per heavy atom. The number of rotatable bonds is 7. The molecule has 4 nitrogen and oxygen atoms in total. The van der Waals surface area contributed by atoms with E-state index < -0.39 is 9.84 Å². The van der Waals surface area contributed by atoms with Crippen molar-refractivity contribution in [3.63, 3.8) is 0 Å². The van der Waals surface area contributed by atoms with Gasteiger partial charge in [0.15, 0.2) is 5.78 Å². The number of nitrogens with zero attached hydrogens (tertiary/aromatic N) is 1. The van der Waals surface area contributed by atoms with Gasteiger partial charge < -0.3 is 4.90 Å².